The van der Waals surface area contributed by atoms with Crippen molar-refractivity contribution in [3.05, 3.63) is 0 Å². The minimum atomic E-state index is 0.341. The fraction of sp³-hybridized carbons (Fsp3) is 0.944. The third-order valence-electron chi connectivity index (χ3n) is 7.62. The Balaban J connectivity index is 1.91. The first-order valence-electron chi connectivity index (χ1n) is 8.39. The number of rotatable bonds is 0. The summed E-state index contributed by atoms with van der Waals surface area (Å²) in [6.07, 6.45) is 8.91. The number of hydrogen-bond donors (Lipinski definition) is 0. The molecule has 0 aromatic heterocycles. The van der Waals surface area contributed by atoms with E-state index in [1.165, 1.54) is 38.5 Å². The monoisotopic (exact) mass is 262 g/mol. The molecular weight excluding hydrogens is 232 g/mol. The van der Waals surface area contributed by atoms with Gasteiger partial charge >= 0.3 is 0 Å². The largest absolute Gasteiger partial charge is 0.299 e. The fourth-order valence-electron chi connectivity index (χ4n) is 5.87. The van der Waals surface area contributed by atoms with Gasteiger partial charge in [-0.1, -0.05) is 34.1 Å². The average Bonchev–Trinajstić information content (AvgIpc) is 2.35. The van der Waals surface area contributed by atoms with Gasteiger partial charge < -0.3 is 0 Å². The zero-order chi connectivity index (χ0) is 13.8. The number of carbonyl (C=O) groups excluding carboxylic acids is 1. The summed E-state index contributed by atoms with van der Waals surface area (Å²) >= 11 is 0. The van der Waals surface area contributed by atoms with Gasteiger partial charge in [0.15, 0.2) is 0 Å². The van der Waals surface area contributed by atoms with Crippen LogP contribution in [0.15, 0.2) is 0 Å². The van der Waals surface area contributed by atoms with E-state index in [-0.39, 0.29) is 0 Å². The maximum Gasteiger partial charge on any atom is 0.135 e. The summed E-state index contributed by atoms with van der Waals surface area (Å²) < 4.78 is 0. The molecule has 0 N–H and O–H groups in total. The first-order chi connectivity index (χ1) is 8.87. The first-order valence-corrected chi connectivity index (χ1v) is 8.39. The Hall–Kier alpha value is -0.330. The number of Topliss-reactive ketones (excluding diaryl/α,β-unsaturated/α-hetero) is 1. The fourth-order valence-corrected chi connectivity index (χ4v) is 5.87. The van der Waals surface area contributed by atoms with Crippen molar-refractivity contribution in [2.24, 2.45) is 34.5 Å². The van der Waals surface area contributed by atoms with E-state index in [4.69, 9.17) is 0 Å². The van der Waals surface area contributed by atoms with Crippen molar-refractivity contribution in [2.45, 2.75) is 72.6 Å². The lowest BCUT2D eigenvalue weighted by atomic mass is 9.43. The summed E-state index contributed by atoms with van der Waals surface area (Å²) in [4.78, 5) is 12.0. The number of carbonyl (C=O) groups is 1. The van der Waals surface area contributed by atoms with E-state index in [2.05, 4.69) is 27.7 Å². The summed E-state index contributed by atoms with van der Waals surface area (Å²) in [6, 6.07) is 0. The highest BCUT2D eigenvalue weighted by molar-refractivity contribution is 5.81. The topological polar surface area (TPSA) is 17.1 Å². The van der Waals surface area contributed by atoms with E-state index in [0.29, 0.717) is 28.4 Å². The summed E-state index contributed by atoms with van der Waals surface area (Å²) in [7, 11) is 0. The average molecular weight is 262 g/mol. The molecule has 19 heavy (non-hydrogen) atoms. The van der Waals surface area contributed by atoms with Crippen LogP contribution in [-0.4, -0.2) is 5.78 Å². The van der Waals surface area contributed by atoms with Crippen LogP contribution in [-0.2, 0) is 4.79 Å². The van der Waals surface area contributed by atoms with Crippen molar-refractivity contribution >= 4 is 5.78 Å². The highest BCUT2D eigenvalue weighted by Crippen LogP contribution is 2.64. The van der Waals surface area contributed by atoms with Crippen molar-refractivity contribution in [1.82, 2.24) is 0 Å². The zero-order valence-corrected chi connectivity index (χ0v) is 13.2. The van der Waals surface area contributed by atoms with Crippen molar-refractivity contribution in [1.29, 1.82) is 0 Å². The van der Waals surface area contributed by atoms with Crippen LogP contribution in [0.3, 0.4) is 0 Å². The van der Waals surface area contributed by atoms with Crippen LogP contribution in [0.25, 0.3) is 0 Å². The van der Waals surface area contributed by atoms with Gasteiger partial charge in [0.1, 0.15) is 5.78 Å². The minimum absolute atomic E-state index is 0.341. The molecule has 3 aliphatic rings. The van der Waals surface area contributed by atoms with Gasteiger partial charge in [0.25, 0.3) is 0 Å². The van der Waals surface area contributed by atoms with Crippen LogP contribution in [0.1, 0.15) is 72.6 Å². The number of hydrogen-bond acceptors (Lipinski definition) is 1. The normalized spacial score (nSPS) is 49.4. The predicted molar refractivity (Wildman–Crippen MR) is 78.8 cm³/mol. The van der Waals surface area contributed by atoms with Crippen LogP contribution in [0.5, 0.6) is 0 Å². The van der Waals surface area contributed by atoms with Crippen molar-refractivity contribution in [2.75, 3.05) is 0 Å². The molecule has 0 aliphatic heterocycles. The molecule has 0 unspecified atom stereocenters. The molecule has 3 rings (SSSR count). The Labute approximate surface area is 118 Å². The van der Waals surface area contributed by atoms with Gasteiger partial charge in [-0.3, -0.25) is 4.79 Å². The molecule has 108 valence electrons. The highest BCUT2D eigenvalue weighted by atomic mass is 16.1. The molecule has 0 spiro atoms. The summed E-state index contributed by atoms with van der Waals surface area (Å²) in [6.45, 7) is 9.76. The van der Waals surface area contributed by atoms with Crippen LogP contribution in [0.4, 0.5) is 0 Å². The van der Waals surface area contributed by atoms with Crippen molar-refractivity contribution in [3.8, 4) is 0 Å². The summed E-state index contributed by atoms with van der Waals surface area (Å²) in [5, 5.41) is 0. The van der Waals surface area contributed by atoms with E-state index in [9.17, 15) is 4.79 Å². The van der Waals surface area contributed by atoms with Crippen LogP contribution >= 0.6 is 0 Å². The smallest absolute Gasteiger partial charge is 0.135 e. The van der Waals surface area contributed by atoms with Crippen molar-refractivity contribution < 1.29 is 4.79 Å². The van der Waals surface area contributed by atoms with Gasteiger partial charge in [-0.25, -0.2) is 0 Å². The van der Waals surface area contributed by atoms with Gasteiger partial charge in [-0.05, 0) is 60.7 Å². The molecule has 5 atom stereocenters. The Morgan fingerprint density at radius 3 is 2.47 bits per heavy atom. The molecule has 0 amide bonds. The van der Waals surface area contributed by atoms with Gasteiger partial charge in [0, 0.05) is 12.3 Å². The maximum atomic E-state index is 12.0. The van der Waals surface area contributed by atoms with Gasteiger partial charge in [0.2, 0.25) is 0 Å². The molecular formula is C18H30O. The maximum absolute atomic E-state index is 12.0. The van der Waals surface area contributed by atoms with E-state index in [1.807, 2.05) is 0 Å². The number of fused-ring (bicyclic) bond motifs is 3. The SMILES string of the molecule is C[C@H]1C(=O)CC[C@H]2[C@H]1CC[C@@]1(C)[C@@H]2CCCC1(C)C. The lowest BCUT2D eigenvalue weighted by Crippen LogP contribution is -2.54. The molecule has 1 heteroatoms. The summed E-state index contributed by atoms with van der Waals surface area (Å²) in [5.74, 6) is 3.30. The predicted octanol–water partition coefficient (Wildman–Crippen LogP) is 4.84. The quantitative estimate of drug-likeness (QED) is 0.610. The second kappa shape index (κ2) is 4.33. The Morgan fingerprint density at radius 2 is 1.74 bits per heavy atom. The molecule has 0 radical (unpaired) electrons. The lowest BCUT2D eigenvalue weighted by Gasteiger charge is -2.61. The third-order valence-corrected chi connectivity index (χ3v) is 7.62. The Kier molecular flexibility index (Phi) is 3.11. The Morgan fingerprint density at radius 1 is 1.00 bits per heavy atom. The molecule has 0 heterocycles. The van der Waals surface area contributed by atoms with Crippen LogP contribution < -0.4 is 0 Å². The molecule has 0 saturated heterocycles. The first kappa shape index (κ1) is 13.6. The van der Waals surface area contributed by atoms with E-state index in [1.54, 1.807) is 0 Å². The van der Waals surface area contributed by atoms with Crippen LogP contribution in [0.2, 0.25) is 0 Å². The van der Waals surface area contributed by atoms with Crippen molar-refractivity contribution in [3.63, 3.8) is 0 Å². The molecule has 3 saturated carbocycles. The number of ketones is 1. The second-order valence-electron chi connectivity index (χ2n) is 8.46. The highest BCUT2D eigenvalue weighted by Gasteiger charge is 2.56. The van der Waals surface area contributed by atoms with E-state index >= 15 is 0 Å². The molecule has 1 nitrogen and oxygen atoms in total. The second-order valence-corrected chi connectivity index (χ2v) is 8.46. The molecule has 3 fully saturated rings. The lowest BCUT2D eigenvalue weighted by molar-refractivity contribution is -0.145. The third kappa shape index (κ3) is 1.83. The molecule has 0 bridgehead atoms. The molecule has 0 aromatic carbocycles. The van der Waals surface area contributed by atoms with E-state index in [0.717, 1.165) is 18.3 Å². The van der Waals surface area contributed by atoms with E-state index < -0.39 is 0 Å². The zero-order valence-electron chi connectivity index (χ0n) is 13.2. The van der Waals surface area contributed by atoms with Gasteiger partial charge in [-0.15, -0.1) is 0 Å². The minimum Gasteiger partial charge on any atom is -0.299 e. The molecule has 0 aromatic rings. The van der Waals surface area contributed by atoms with Gasteiger partial charge in [0.05, 0.1) is 0 Å². The Bertz CT molecular complexity index is 383. The molecule has 3 aliphatic carbocycles. The van der Waals surface area contributed by atoms with Crippen LogP contribution in [0, 0.1) is 34.5 Å². The van der Waals surface area contributed by atoms with Gasteiger partial charge in [-0.2, -0.15) is 0 Å². The summed E-state index contributed by atoms with van der Waals surface area (Å²) in [5.41, 5.74) is 1.01. The standard InChI is InChI=1S/C18H30O/c1-12-13-9-11-18(4)15(6-5-10-17(18,2)3)14(13)7-8-16(12)19/h12-15H,5-11H2,1-4H3/t12-,13+,14+,15-,18+/m1/s1.